The van der Waals surface area contributed by atoms with Gasteiger partial charge in [-0.15, -0.1) is 11.3 Å². The summed E-state index contributed by atoms with van der Waals surface area (Å²) in [5.41, 5.74) is 26.7. The van der Waals surface area contributed by atoms with Gasteiger partial charge in [0.2, 0.25) is 0 Å². The SMILES string of the molecule is c1ccc2c(c1)-c1ccccc1C21c2ccccc2-c2c1cc(N(c1ccc(-c3cccc4c3sc3ccccc34)cc1)c1ccc3c(c1)C1(c4ccccc4-3)c3ccccc3-n3c4ccccc4c4cccc1c43)c1ccccc21. The van der Waals surface area contributed by atoms with Crippen LogP contribution in [0.4, 0.5) is 17.1 Å². The third-order valence-corrected chi connectivity index (χ3v) is 20.2. The second-order valence-corrected chi connectivity index (χ2v) is 23.6. The van der Waals surface area contributed by atoms with Crippen LogP contribution in [-0.2, 0) is 10.8 Å². The summed E-state index contributed by atoms with van der Waals surface area (Å²) < 4.78 is 5.18. The van der Waals surface area contributed by atoms with E-state index in [1.807, 2.05) is 11.3 Å². The first-order valence-corrected chi connectivity index (χ1v) is 29.1. The van der Waals surface area contributed by atoms with Crippen molar-refractivity contribution in [3.63, 3.8) is 0 Å². The molecule has 81 heavy (non-hydrogen) atoms. The Morgan fingerprint density at radius 2 is 0.815 bits per heavy atom. The van der Waals surface area contributed by atoms with Crippen molar-refractivity contribution in [2.24, 2.45) is 0 Å². The van der Waals surface area contributed by atoms with Crippen molar-refractivity contribution in [3.8, 4) is 50.2 Å². The molecule has 19 rings (SSSR count). The van der Waals surface area contributed by atoms with E-state index in [0.717, 1.165) is 17.1 Å². The van der Waals surface area contributed by atoms with Gasteiger partial charge in [-0.2, -0.15) is 0 Å². The summed E-state index contributed by atoms with van der Waals surface area (Å²) in [5.74, 6) is 0. The van der Waals surface area contributed by atoms with Crippen LogP contribution in [0.3, 0.4) is 0 Å². The fourth-order valence-electron chi connectivity index (χ4n) is 16.0. The zero-order valence-electron chi connectivity index (χ0n) is 43.9. The molecule has 0 saturated heterocycles. The highest BCUT2D eigenvalue weighted by molar-refractivity contribution is 7.26. The predicted octanol–water partition coefficient (Wildman–Crippen LogP) is 20.5. The van der Waals surface area contributed by atoms with Crippen molar-refractivity contribution in [3.05, 3.63) is 324 Å². The Labute approximate surface area is 472 Å². The molecule has 2 nitrogen and oxygen atoms in total. The third kappa shape index (κ3) is 5.38. The van der Waals surface area contributed by atoms with Gasteiger partial charge in [0.1, 0.15) is 0 Å². The Kier molecular flexibility index (Phi) is 8.57. The number of thiophene rings is 1. The van der Waals surface area contributed by atoms with E-state index in [-0.39, 0.29) is 0 Å². The minimum Gasteiger partial charge on any atom is -0.310 e. The van der Waals surface area contributed by atoms with E-state index in [1.165, 1.54) is 147 Å². The van der Waals surface area contributed by atoms with Crippen molar-refractivity contribution in [2.45, 2.75) is 10.8 Å². The van der Waals surface area contributed by atoms with Gasteiger partial charge in [-0.1, -0.05) is 231 Å². The van der Waals surface area contributed by atoms with Crippen LogP contribution < -0.4 is 4.90 Å². The highest BCUT2D eigenvalue weighted by Crippen LogP contribution is 2.66. The van der Waals surface area contributed by atoms with Crippen LogP contribution in [0.2, 0.25) is 0 Å². The number of anilines is 3. The quantitative estimate of drug-likeness (QED) is 0.171. The number of aromatic nitrogens is 1. The van der Waals surface area contributed by atoms with E-state index in [2.05, 4.69) is 289 Å². The molecule has 3 heteroatoms. The van der Waals surface area contributed by atoms with Gasteiger partial charge < -0.3 is 9.47 Å². The van der Waals surface area contributed by atoms with Crippen molar-refractivity contribution in [2.75, 3.05) is 4.90 Å². The maximum absolute atomic E-state index is 2.60. The average molecular weight is 1040 g/mol. The smallest absolute Gasteiger partial charge is 0.0755 e. The lowest BCUT2D eigenvalue weighted by atomic mass is 9.65. The fourth-order valence-corrected chi connectivity index (χ4v) is 17.2. The van der Waals surface area contributed by atoms with Gasteiger partial charge >= 0.3 is 0 Å². The molecular formula is C78H46N2S. The maximum Gasteiger partial charge on any atom is 0.0755 e. The molecule has 0 radical (unpaired) electrons. The molecule has 0 N–H and O–H groups in total. The van der Waals surface area contributed by atoms with Crippen molar-refractivity contribution >= 4 is 81.1 Å². The van der Waals surface area contributed by atoms with Crippen LogP contribution in [0.5, 0.6) is 0 Å². The van der Waals surface area contributed by atoms with Crippen LogP contribution in [0.1, 0.15) is 44.5 Å². The summed E-state index contributed by atoms with van der Waals surface area (Å²) in [5, 5.41) is 7.63. The first kappa shape index (κ1) is 43.9. The lowest BCUT2D eigenvalue weighted by Crippen LogP contribution is -2.33. The molecule has 1 aliphatic heterocycles. The number of benzene rings is 13. The molecule has 2 spiro atoms. The van der Waals surface area contributed by atoms with E-state index >= 15 is 0 Å². The molecule has 13 aromatic carbocycles. The fraction of sp³-hybridized carbons (Fsp3) is 0.0256. The zero-order chi connectivity index (χ0) is 52.7. The summed E-state index contributed by atoms with van der Waals surface area (Å²) in [7, 11) is 0. The molecule has 0 fully saturated rings. The molecule has 0 saturated carbocycles. The van der Waals surface area contributed by atoms with Gasteiger partial charge in [-0.3, -0.25) is 0 Å². The minimum absolute atomic E-state index is 0.539. The van der Waals surface area contributed by atoms with Crippen LogP contribution in [0.25, 0.3) is 103 Å². The van der Waals surface area contributed by atoms with Crippen LogP contribution >= 0.6 is 11.3 Å². The Bertz CT molecular complexity index is 5220. The Morgan fingerprint density at radius 3 is 1.56 bits per heavy atom. The topological polar surface area (TPSA) is 8.17 Å². The van der Waals surface area contributed by atoms with Gasteiger partial charge in [-0.05, 0) is 143 Å². The standard InChI is InChI=1S/C78H46N2S/c1-2-25-58-55(22-1)72(46-69-74(58)61-26-6-12-33-65(61)77(69)62-30-9-3-19-51(62)52-20-4-10-31-63(52)77)79(48-41-39-47(40-42-48)50-27-17-29-60-57-24-8-16-38-73(57)81-76(50)60)49-43-44-54-53-21-5-11-32-64(53)78(68(54)45-49)66-34-13-15-37-71(66)80-70-36-14-7-23-56(70)59-28-18-35-67(78)75(59)80/h1-46H. The van der Waals surface area contributed by atoms with Gasteiger partial charge in [0.15, 0.2) is 0 Å². The van der Waals surface area contributed by atoms with Crippen LogP contribution in [0, 0.1) is 0 Å². The molecule has 1 unspecified atom stereocenters. The Morgan fingerprint density at radius 1 is 0.309 bits per heavy atom. The lowest BCUT2D eigenvalue weighted by Gasteiger charge is -2.40. The van der Waals surface area contributed by atoms with Crippen molar-refractivity contribution < 1.29 is 0 Å². The van der Waals surface area contributed by atoms with E-state index in [0.29, 0.717) is 0 Å². The number of para-hydroxylation sites is 3. The number of hydrogen-bond donors (Lipinski definition) is 0. The number of fused-ring (bicyclic) bond motifs is 27. The first-order chi connectivity index (χ1) is 40.2. The molecule has 3 aliphatic carbocycles. The Hall–Kier alpha value is -10.1. The molecular weight excluding hydrogens is 997 g/mol. The predicted molar refractivity (Wildman–Crippen MR) is 338 cm³/mol. The lowest BCUT2D eigenvalue weighted by molar-refractivity contribution is 0.748. The summed E-state index contributed by atoms with van der Waals surface area (Å²) in [4.78, 5) is 2.60. The number of hydrogen-bond acceptors (Lipinski definition) is 2. The average Bonchev–Trinajstić information content (AvgIpc) is 2.15. The van der Waals surface area contributed by atoms with Gasteiger partial charge in [0.25, 0.3) is 0 Å². The third-order valence-electron chi connectivity index (χ3n) is 19.0. The molecule has 0 amide bonds. The van der Waals surface area contributed by atoms with Crippen molar-refractivity contribution in [1.82, 2.24) is 4.57 Å². The summed E-state index contributed by atoms with van der Waals surface area (Å²) >= 11 is 1.89. The maximum atomic E-state index is 2.60. The molecule has 374 valence electrons. The van der Waals surface area contributed by atoms with E-state index in [9.17, 15) is 0 Å². The number of nitrogens with zero attached hydrogens (tertiary/aromatic N) is 2. The zero-order valence-corrected chi connectivity index (χ0v) is 44.7. The Balaban J connectivity index is 0.914. The molecule has 4 aliphatic rings. The highest BCUT2D eigenvalue weighted by atomic mass is 32.1. The minimum atomic E-state index is -0.621. The van der Waals surface area contributed by atoms with Gasteiger partial charge in [0.05, 0.1) is 33.2 Å². The summed E-state index contributed by atoms with van der Waals surface area (Å²) in [6.07, 6.45) is 0. The number of rotatable bonds is 4. The molecule has 1 atom stereocenters. The van der Waals surface area contributed by atoms with E-state index in [4.69, 9.17) is 0 Å². The molecule has 3 heterocycles. The monoisotopic (exact) mass is 1040 g/mol. The molecule has 0 bridgehead atoms. The van der Waals surface area contributed by atoms with Crippen LogP contribution in [0.15, 0.2) is 279 Å². The highest BCUT2D eigenvalue weighted by Gasteiger charge is 2.54. The van der Waals surface area contributed by atoms with Gasteiger partial charge in [0, 0.05) is 47.7 Å². The largest absolute Gasteiger partial charge is 0.310 e. The molecule has 15 aromatic rings. The van der Waals surface area contributed by atoms with Crippen molar-refractivity contribution in [1.29, 1.82) is 0 Å². The molecule has 2 aromatic heterocycles. The summed E-state index contributed by atoms with van der Waals surface area (Å²) in [6.45, 7) is 0. The first-order valence-electron chi connectivity index (χ1n) is 28.2. The van der Waals surface area contributed by atoms with E-state index < -0.39 is 10.8 Å². The van der Waals surface area contributed by atoms with E-state index in [1.54, 1.807) is 0 Å². The van der Waals surface area contributed by atoms with Gasteiger partial charge in [-0.25, -0.2) is 0 Å². The second kappa shape index (κ2) is 15.8. The second-order valence-electron chi connectivity index (χ2n) is 22.5. The summed E-state index contributed by atoms with van der Waals surface area (Å²) in [6, 6.07) is 106. The van der Waals surface area contributed by atoms with Crippen LogP contribution in [-0.4, -0.2) is 4.57 Å². The normalized spacial score (nSPS) is 15.3.